The van der Waals surface area contributed by atoms with Crippen LogP contribution in [-0.2, 0) is 4.43 Å². The molecule has 0 aromatic rings. The normalized spacial score (nSPS) is 14.1. The Morgan fingerprint density at radius 2 is 1.62 bits per heavy atom. The topological polar surface area (TPSA) is 21.6 Å². The molecule has 0 unspecified atom stereocenters. The zero-order valence-corrected chi connectivity index (χ0v) is 10.5. The molecule has 0 rings (SSSR count). The highest BCUT2D eigenvalue weighted by Gasteiger charge is 2.38. The second kappa shape index (κ2) is 4.80. The molecule has 0 aromatic carbocycles. The van der Waals surface area contributed by atoms with Crippen molar-refractivity contribution in [1.82, 2.24) is 0 Å². The van der Waals surface area contributed by atoms with Crippen LogP contribution in [0.1, 0.15) is 0 Å². The van der Waals surface area contributed by atoms with Crippen molar-refractivity contribution in [3.05, 3.63) is 0 Å². The number of alkyl halides is 3. The van der Waals surface area contributed by atoms with Gasteiger partial charge < -0.3 is 4.43 Å². The molecule has 13 heavy (non-hydrogen) atoms. The Balaban J connectivity index is 4.57. The molecular formula is C6H14F3NOSi2. The molecule has 0 saturated carbocycles. The van der Waals surface area contributed by atoms with Crippen LogP contribution in [0.25, 0.3) is 0 Å². The van der Waals surface area contributed by atoms with Crippen molar-refractivity contribution < 1.29 is 17.6 Å². The van der Waals surface area contributed by atoms with Crippen molar-refractivity contribution in [3.63, 3.8) is 0 Å². The lowest BCUT2D eigenvalue weighted by molar-refractivity contribution is -0.0709. The quantitative estimate of drug-likeness (QED) is 0.403. The summed E-state index contributed by atoms with van der Waals surface area (Å²) in [5.74, 6) is -1.02. The number of halogens is 3. The summed E-state index contributed by atoms with van der Waals surface area (Å²) in [6.07, 6.45) is -4.42. The van der Waals surface area contributed by atoms with Crippen LogP contribution in [0.3, 0.4) is 0 Å². The zero-order valence-electron chi connectivity index (χ0n) is 8.14. The minimum absolute atomic E-state index is 1.02. The van der Waals surface area contributed by atoms with Gasteiger partial charge in [0.2, 0.25) is 9.04 Å². The second-order valence-corrected chi connectivity index (χ2v) is 7.97. The van der Waals surface area contributed by atoms with Crippen LogP contribution in [-0.4, -0.2) is 30.1 Å². The van der Waals surface area contributed by atoms with Crippen molar-refractivity contribution in [3.8, 4) is 0 Å². The summed E-state index contributed by atoms with van der Waals surface area (Å²) in [6, 6.07) is 0. The Bertz CT molecular complexity index is 191. The molecule has 0 aliphatic rings. The van der Waals surface area contributed by atoms with E-state index < -0.39 is 30.1 Å². The van der Waals surface area contributed by atoms with E-state index in [0.29, 0.717) is 0 Å². The minimum Gasteiger partial charge on any atom is -0.532 e. The summed E-state index contributed by atoms with van der Waals surface area (Å²) in [4.78, 5) is 0. The fourth-order valence-electron chi connectivity index (χ4n) is 0.628. The van der Waals surface area contributed by atoms with Crippen molar-refractivity contribution in [2.75, 3.05) is 0 Å². The average molecular weight is 229 g/mol. The largest absolute Gasteiger partial charge is 0.532 e. The van der Waals surface area contributed by atoms with Crippen LogP contribution in [0.5, 0.6) is 0 Å². The predicted octanol–water partition coefficient (Wildman–Crippen LogP) is 1.93. The lowest BCUT2D eigenvalue weighted by atomic mass is 10.7. The maximum atomic E-state index is 12.2. The van der Waals surface area contributed by atoms with E-state index in [4.69, 9.17) is 4.43 Å². The molecule has 0 radical (unpaired) electrons. The molecule has 0 aliphatic heterocycles. The molecule has 78 valence electrons. The van der Waals surface area contributed by atoms with Gasteiger partial charge in [-0.1, -0.05) is 13.1 Å². The van der Waals surface area contributed by atoms with Crippen molar-refractivity contribution in [1.29, 1.82) is 0 Å². The van der Waals surface area contributed by atoms with E-state index in [-0.39, 0.29) is 0 Å². The number of hydrogen-bond acceptors (Lipinski definition) is 2. The Kier molecular flexibility index (Phi) is 4.69. The Morgan fingerprint density at radius 1 is 1.15 bits per heavy atom. The summed E-state index contributed by atoms with van der Waals surface area (Å²) < 4.78 is 44.9. The molecular weight excluding hydrogens is 215 g/mol. The van der Waals surface area contributed by atoms with E-state index in [2.05, 4.69) is 4.66 Å². The lowest BCUT2D eigenvalue weighted by Crippen LogP contribution is -2.31. The van der Waals surface area contributed by atoms with Crippen LogP contribution in [0, 0.1) is 0 Å². The van der Waals surface area contributed by atoms with Gasteiger partial charge in [-0.15, -0.1) is 0 Å². The first-order chi connectivity index (χ1) is 5.73. The Hall–Kier alpha value is -0.306. The van der Waals surface area contributed by atoms with Crippen LogP contribution in [0.2, 0.25) is 26.2 Å². The third-order valence-electron chi connectivity index (χ3n) is 0.965. The molecule has 0 amide bonds. The maximum absolute atomic E-state index is 12.2. The van der Waals surface area contributed by atoms with Gasteiger partial charge in [0.15, 0.2) is 8.96 Å². The number of hydrogen-bond donors (Lipinski definition) is 0. The van der Waals surface area contributed by atoms with Crippen molar-refractivity contribution in [2.45, 2.75) is 32.4 Å². The van der Waals surface area contributed by atoms with Crippen LogP contribution >= 0.6 is 0 Å². The van der Waals surface area contributed by atoms with Gasteiger partial charge in [0.05, 0.1) is 0 Å². The second-order valence-electron chi connectivity index (χ2n) is 3.19. The fourth-order valence-corrected chi connectivity index (χ4v) is 2.07. The molecule has 7 heteroatoms. The average Bonchev–Trinajstić information content (AvgIpc) is 1.81. The maximum Gasteiger partial charge on any atom is 0.465 e. The Morgan fingerprint density at radius 3 is 1.85 bits per heavy atom. The van der Waals surface area contributed by atoms with Gasteiger partial charge in [-0.2, -0.15) is 13.2 Å². The first-order valence-corrected chi connectivity index (χ1v) is 9.65. The SMILES string of the molecule is C[SiH](C)N=C(O[SiH](C)C)C(F)(F)F. The van der Waals surface area contributed by atoms with Gasteiger partial charge in [-0.05, 0) is 13.1 Å². The number of rotatable bonds is 2. The molecule has 0 bridgehead atoms. The smallest absolute Gasteiger partial charge is 0.465 e. The van der Waals surface area contributed by atoms with Crippen LogP contribution < -0.4 is 0 Å². The molecule has 0 aromatic heterocycles. The summed E-state index contributed by atoms with van der Waals surface area (Å²) in [5, 5.41) is 0. The molecule has 0 N–H and O–H groups in total. The van der Waals surface area contributed by atoms with Crippen LogP contribution in [0.4, 0.5) is 13.2 Å². The fraction of sp³-hybridized carbons (Fsp3) is 0.833. The van der Waals surface area contributed by atoms with Gasteiger partial charge in [0.1, 0.15) is 0 Å². The summed E-state index contributed by atoms with van der Waals surface area (Å²) in [7, 11) is -3.34. The van der Waals surface area contributed by atoms with Crippen LogP contribution in [0.15, 0.2) is 4.66 Å². The Labute approximate surface area is 79.2 Å². The van der Waals surface area contributed by atoms with Crippen molar-refractivity contribution >= 4 is 23.9 Å². The molecule has 0 aliphatic carbocycles. The van der Waals surface area contributed by atoms with E-state index in [1.54, 1.807) is 26.2 Å². The molecule has 0 spiro atoms. The van der Waals surface area contributed by atoms with Gasteiger partial charge in [0, 0.05) is 0 Å². The summed E-state index contributed by atoms with van der Waals surface area (Å²) >= 11 is 0. The monoisotopic (exact) mass is 229 g/mol. The highest BCUT2D eigenvalue weighted by atomic mass is 28.3. The first-order valence-electron chi connectivity index (χ1n) is 4.05. The highest BCUT2D eigenvalue weighted by molar-refractivity contribution is 6.56. The van der Waals surface area contributed by atoms with Gasteiger partial charge >= 0.3 is 6.18 Å². The molecule has 2 nitrogen and oxygen atoms in total. The zero-order chi connectivity index (χ0) is 10.6. The highest BCUT2D eigenvalue weighted by Crippen LogP contribution is 2.19. The third-order valence-corrected chi connectivity index (χ3v) is 2.41. The standard InChI is InChI=1S/C6H14F3NOSi2/c1-12(2)10-5(6(7,8)9)11-13(3)4/h12-13H,1-4H3. The van der Waals surface area contributed by atoms with E-state index in [1.807, 2.05) is 0 Å². The minimum atomic E-state index is -4.42. The van der Waals surface area contributed by atoms with E-state index in [0.717, 1.165) is 0 Å². The summed E-state index contributed by atoms with van der Waals surface area (Å²) in [5.41, 5.74) is 0. The molecule has 0 heterocycles. The summed E-state index contributed by atoms with van der Waals surface area (Å²) in [6.45, 7) is 6.81. The van der Waals surface area contributed by atoms with Gasteiger partial charge in [-0.25, -0.2) is 0 Å². The van der Waals surface area contributed by atoms with E-state index in [1.165, 1.54) is 0 Å². The number of nitrogens with zero attached hydrogens (tertiary/aromatic N) is 1. The van der Waals surface area contributed by atoms with E-state index in [9.17, 15) is 13.2 Å². The molecule has 0 saturated heterocycles. The predicted molar refractivity (Wildman–Crippen MR) is 52.3 cm³/mol. The first kappa shape index (κ1) is 12.7. The third kappa shape index (κ3) is 5.86. The van der Waals surface area contributed by atoms with Crippen molar-refractivity contribution in [2.24, 2.45) is 4.66 Å². The lowest BCUT2D eigenvalue weighted by Gasteiger charge is -2.15. The van der Waals surface area contributed by atoms with Gasteiger partial charge in [0.25, 0.3) is 5.90 Å². The van der Waals surface area contributed by atoms with Gasteiger partial charge in [-0.3, -0.25) is 4.66 Å². The molecule has 0 atom stereocenters. The van der Waals surface area contributed by atoms with E-state index >= 15 is 0 Å². The molecule has 0 fully saturated rings.